The van der Waals surface area contributed by atoms with Crippen LogP contribution in [0.2, 0.25) is 0 Å². The topological polar surface area (TPSA) is 68.1 Å². The molecule has 0 saturated heterocycles. The van der Waals surface area contributed by atoms with E-state index in [0.717, 1.165) is 0 Å². The standard InChI is InChI=1S/C19H19NO4/c1-3-9-17(24-14-10-5-4-6-11-14)15-12-7-8-13-16(15)18(19(21)22)20-23-2/h3-8,10-13,17H,1,9H2,2H3,(H,21,22)/b20-18+. The van der Waals surface area contributed by atoms with Gasteiger partial charge in [-0.05, 0) is 12.1 Å². The molecular weight excluding hydrogens is 306 g/mol. The molecule has 5 heteroatoms. The number of carboxylic acid groups (broad SMARTS) is 1. The Morgan fingerprint density at radius 1 is 1.21 bits per heavy atom. The molecule has 5 nitrogen and oxygen atoms in total. The number of benzene rings is 2. The van der Waals surface area contributed by atoms with Crippen LogP contribution in [-0.4, -0.2) is 23.9 Å². The van der Waals surface area contributed by atoms with Gasteiger partial charge in [0.1, 0.15) is 19.0 Å². The average molecular weight is 325 g/mol. The first-order chi connectivity index (χ1) is 11.7. The fourth-order valence-corrected chi connectivity index (χ4v) is 2.34. The summed E-state index contributed by atoms with van der Waals surface area (Å²) in [5, 5.41) is 13.1. The maximum absolute atomic E-state index is 11.5. The summed E-state index contributed by atoms with van der Waals surface area (Å²) in [4.78, 5) is 16.2. The van der Waals surface area contributed by atoms with E-state index in [1.54, 1.807) is 18.2 Å². The molecule has 2 aromatic carbocycles. The molecule has 24 heavy (non-hydrogen) atoms. The lowest BCUT2D eigenvalue weighted by atomic mass is 9.96. The molecule has 0 aliphatic carbocycles. The van der Waals surface area contributed by atoms with Crippen LogP contribution in [-0.2, 0) is 9.63 Å². The molecule has 0 aliphatic rings. The van der Waals surface area contributed by atoms with Gasteiger partial charge < -0.3 is 14.7 Å². The Kier molecular flexibility index (Phi) is 6.14. The van der Waals surface area contributed by atoms with E-state index in [0.29, 0.717) is 23.3 Å². The average Bonchev–Trinajstić information content (AvgIpc) is 2.60. The molecule has 0 spiro atoms. The second-order valence-electron chi connectivity index (χ2n) is 4.96. The number of hydrogen-bond acceptors (Lipinski definition) is 4. The number of hydrogen-bond donors (Lipinski definition) is 1. The molecule has 0 radical (unpaired) electrons. The van der Waals surface area contributed by atoms with E-state index in [2.05, 4.69) is 16.6 Å². The van der Waals surface area contributed by atoms with Crippen LogP contribution in [0.5, 0.6) is 5.75 Å². The Labute approximate surface area is 140 Å². The number of ether oxygens (including phenoxy) is 1. The van der Waals surface area contributed by atoms with Gasteiger partial charge in [0.25, 0.3) is 0 Å². The molecule has 2 rings (SSSR count). The predicted molar refractivity (Wildman–Crippen MR) is 92.2 cm³/mol. The Morgan fingerprint density at radius 3 is 2.50 bits per heavy atom. The van der Waals surface area contributed by atoms with Gasteiger partial charge in [-0.1, -0.05) is 53.7 Å². The first-order valence-corrected chi connectivity index (χ1v) is 7.43. The van der Waals surface area contributed by atoms with E-state index in [-0.39, 0.29) is 11.8 Å². The van der Waals surface area contributed by atoms with Crippen LogP contribution < -0.4 is 4.74 Å². The molecule has 0 aliphatic heterocycles. The van der Waals surface area contributed by atoms with Crippen molar-refractivity contribution >= 4 is 11.7 Å². The maximum atomic E-state index is 11.5. The first kappa shape index (κ1) is 17.3. The second-order valence-corrected chi connectivity index (χ2v) is 4.96. The van der Waals surface area contributed by atoms with E-state index in [1.165, 1.54) is 7.11 Å². The molecule has 0 bridgehead atoms. The third-order valence-corrected chi connectivity index (χ3v) is 3.35. The van der Waals surface area contributed by atoms with Crippen molar-refractivity contribution in [1.82, 2.24) is 0 Å². The smallest absolute Gasteiger partial charge is 0.358 e. The van der Waals surface area contributed by atoms with E-state index < -0.39 is 5.97 Å². The van der Waals surface area contributed by atoms with Crippen molar-refractivity contribution in [2.24, 2.45) is 5.16 Å². The van der Waals surface area contributed by atoms with Crippen LogP contribution in [0.4, 0.5) is 0 Å². The fraction of sp³-hybridized carbons (Fsp3) is 0.158. The van der Waals surface area contributed by atoms with Crippen molar-refractivity contribution in [1.29, 1.82) is 0 Å². The van der Waals surface area contributed by atoms with E-state index in [4.69, 9.17) is 4.74 Å². The monoisotopic (exact) mass is 325 g/mol. The van der Waals surface area contributed by atoms with E-state index in [1.807, 2.05) is 42.5 Å². The van der Waals surface area contributed by atoms with Crippen molar-refractivity contribution in [2.75, 3.05) is 7.11 Å². The summed E-state index contributed by atoms with van der Waals surface area (Å²) < 4.78 is 6.03. The van der Waals surface area contributed by atoms with E-state index >= 15 is 0 Å². The summed E-state index contributed by atoms with van der Waals surface area (Å²) in [6.07, 6.45) is 1.87. The summed E-state index contributed by atoms with van der Waals surface area (Å²) in [5.74, 6) is -0.471. The van der Waals surface area contributed by atoms with Crippen LogP contribution in [0.1, 0.15) is 23.7 Å². The molecule has 0 heterocycles. The van der Waals surface area contributed by atoms with Crippen LogP contribution in [0.15, 0.2) is 72.4 Å². The lowest BCUT2D eigenvalue weighted by Crippen LogP contribution is -2.19. The third kappa shape index (κ3) is 4.23. The number of aliphatic carboxylic acids is 1. The van der Waals surface area contributed by atoms with Crippen molar-refractivity contribution in [3.8, 4) is 5.75 Å². The van der Waals surface area contributed by atoms with Gasteiger partial charge in [-0.2, -0.15) is 0 Å². The Morgan fingerprint density at radius 2 is 1.88 bits per heavy atom. The quantitative estimate of drug-likeness (QED) is 0.455. The molecule has 0 amide bonds. The normalized spacial score (nSPS) is 12.3. The highest BCUT2D eigenvalue weighted by atomic mass is 16.6. The van der Waals surface area contributed by atoms with Gasteiger partial charge >= 0.3 is 5.97 Å². The highest BCUT2D eigenvalue weighted by Crippen LogP contribution is 2.28. The van der Waals surface area contributed by atoms with Crippen molar-refractivity contribution in [3.63, 3.8) is 0 Å². The third-order valence-electron chi connectivity index (χ3n) is 3.35. The number of nitrogens with zero attached hydrogens (tertiary/aromatic N) is 1. The highest BCUT2D eigenvalue weighted by Gasteiger charge is 2.23. The van der Waals surface area contributed by atoms with Gasteiger partial charge in [0.05, 0.1) is 0 Å². The minimum atomic E-state index is -1.17. The summed E-state index contributed by atoms with van der Waals surface area (Å²) >= 11 is 0. The Bertz CT molecular complexity index is 725. The summed E-state index contributed by atoms with van der Waals surface area (Å²) in [6.45, 7) is 3.76. The predicted octanol–water partition coefficient (Wildman–Crippen LogP) is 3.82. The Balaban J connectivity index is 2.45. The minimum Gasteiger partial charge on any atom is -0.485 e. The largest absolute Gasteiger partial charge is 0.485 e. The lowest BCUT2D eigenvalue weighted by molar-refractivity contribution is -0.129. The number of carbonyl (C=O) groups is 1. The molecule has 2 aromatic rings. The van der Waals surface area contributed by atoms with Gasteiger partial charge in [-0.25, -0.2) is 4.79 Å². The second kappa shape index (κ2) is 8.53. The number of para-hydroxylation sites is 1. The summed E-state index contributed by atoms with van der Waals surface area (Å²) in [7, 11) is 1.31. The molecule has 1 unspecified atom stereocenters. The number of oxime groups is 1. The zero-order valence-corrected chi connectivity index (χ0v) is 13.4. The highest BCUT2D eigenvalue weighted by molar-refractivity contribution is 6.42. The number of carboxylic acids is 1. The SMILES string of the molecule is C=CCC(Oc1ccccc1)c1ccccc1/C(=N\OC)C(=O)O. The molecule has 1 N–H and O–H groups in total. The van der Waals surface area contributed by atoms with Crippen molar-refractivity contribution in [3.05, 3.63) is 78.4 Å². The zero-order valence-electron chi connectivity index (χ0n) is 13.4. The van der Waals surface area contributed by atoms with Gasteiger partial charge in [0, 0.05) is 17.5 Å². The van der Waals surface area contributed by atoms with Crippen molar-refractivity contribution in [2.45, 2.75) is 12.5 Å². The summed E-state index contributed by atoms with van der Waals surface area (Å²) in [5.41, 5.74) is 0.993. The van der Waals surface area contributed by atoms with Gasteiger partial charge in [0.2, 0.25) is 0 Å². The van der Waals surface area contributed by atoms with Crippen LogP contribution in [0, 0.1) is 0 Å². The molecule has 0 fully saturated rings. The van der Waals surface area contributed by atoms with Gasteiger partial charge in [-0.15, -0.1) is 6.58 Å². The minimum absolute atomic E-state index is 0.168. The molecular formula is C19H19NO4. The van der Waals surface area contributed by atoms with Crippen LogP contribution in [0.3, 0.4) is 0 Å². The zero-order chi connectivity index (χ0) is 17.4. The molecule has 0 aromatic heterocycles. The van der Waals surface area contributed by atoms with Gasteiger partial charge in [-0.3, -0.25) is 0 Å². The summed E-state index contributed by atoms with van der Waals surface area (Å²) in [6, 6.07) is 16.4. The van der Waals surface area contributed by atoms with Gasteiger partial charge in [0.15, 0.2) is 5.71 Å². The van der Waals surface area contributed by atoms with Crippen LogP contribution in [0.25, 0.3) is 0 Å². The fourth-order valence-electron chi connectivity index (χ4n) is 2.34. The lowest BCUT2D eigenvalue weighted by Gasteiger charge is -2.21. The van der Waals surface area contributed by atoms with Crippen molar-refractivity contribution < 1.29 is 19.5 Å². The molecule has 124 valence electrons. The molecule has 1 atom stereocenters. The van der Waals surface area contributed by atoms with E-state index in [9.17, 15) is 9.90 Å². The molecule has 0 saturated carbocycles. The van der Waals surface area contributed by atoms with Crippen LogP contribution >= 0.6 is 0 Å². The maximum Gasteiger partial charge on any atom is 0.358 e. The first-order valence-electron chi connectivity index (χ1n) is 7.43. The number of rotatable bonds is 8. The Hall–Kier alpha value is -3.08.